The highest BCUT2D eigenvalue weighted by Gasteiger charge is 2.00. The Kier molecular flexibility index (Phi) is 7.21. The van der Waals surface area contributed by atoms with E-state index in [9.17, 15) is 0 Å². The standard InChI is InChI=1S/C15H25NOS/c1-4-14(16)11-18-7-5-6-17-15-9-12(2)8-13(3)10-15/h8-10,14H,4-7,11,16H2,1-3H3. The Balaban J connectivity index is 2.14. The summed E-state index contributed by atoms with van der Waals surface area (Å²) in [7, 11) is 0. The van der Waals surface area contributed by atoms with Crippen LogP contribution < -0.4 is 10.5 Å². The molecule has 2 nitrogen and oxygen atoms in total. The number of thioether (sulfide) groups is 1. The summed E-state index contributed by atoms with van der Waals surface area (Å²) in [6.07, 6.45) is 2.14. The van der Waals surface area contributed by atoms with Crippen LogP contribution >= 0.6 is 11.8 Å². The predicted octanol–water partition coefficient (Wildman–Crippen LogP) is 3.54. The van der Waals surface area contributed by atoms with E-state index in [1.54, 1.807) is 0 Å². The second kappa shape index (κ2) is 8.44. The number of hydrogen-bond donors (Lipinski definition) is 1. The highest BCUT2D eigenvalue weighted by Crippen LogP contribution is 2.16. The first-order valence-electron chi connectivity index (χ1n) is 6.66. The molecule has 1 atom stereocenters. The van der Waals surface area contributed by atoms with Crippen molar-refractivity contribution in [1.82, 2.24) is 0 Å². The molecule has 0 fully saturated rings. The van der Waals surface area contributed by atoms with Crippen LogP contribution in [-0.4, -0.2) is 24.2 Å². The van der Waals surface area contributed by atoms with E-state index < -0.39 is 0 Å². The van der Waals surface area contributed by atoms with Gasteiger partial charge in [0.1, 0.15) is 5.75 Å². The molecular weight excluding hydrogens is 242 g/mol. The fourth-order valence-corrected chi connectivity index (χ4v) is 2.75. The molecule has 0 radical (unpaired) electrons. The Bertz CT molecular complexity index is 334. The number of hydrogen-bond acceptors (Lipinski definition) is 3. The minimum absolute atomic E-state index is 0.343. The molecule has 1 aromatic carbocycles. The van der Waals surface area contributed by atoms with Crippen molar-refractivity contribution in [3.05, 3.63) is 29.3 Å². The van der Waals surface area contributed by atoms with E-state index in [1.807, 2.05) is 11.8 Å². The molecule has 0 aliphatic rings. The monoisotopic (exact) mass is 267 g/mol. The van der Waals surface area contributed by atoms with E-state index in [0.29, 0.717) is 6.04 Å². The zero-order chi connectivity index (χ0) is 13.4. The summed E-state index contributed by atoms with van der Waals surface area (Å²) in [6, 6.07) is 6.69. The van der Waals surface area contributed by atoms with E-state index in [-0.39, 0.29) is 0 Å². The molecule has 0 bridgehead atoms. The van der Waals surface area contributed by atoms with Gasteiger partial charge < -0.3 is 10.5 Å². The zero-order valence-electron chi connectivity index (χ0n) is 11.7. The smallest absolute Gasteiger partial charge is 0.119 e. The quantitative estimate of drug-likeness (QED) is 0.732. The molecule has 102 valence electrons. The van der Waals surface area contributed by atoms with Gasteiger partial charge in [0, 0.05) is 11.8 Å². The third-order valence-electron chi connectivity index (χ3n) is 2.75. The molecule has 1 unspecified atom stereocenters. The number of nitrogens with two attached hydrogens (primary N) is 1. The maximum absolute atomic E-state index is 5.86. The van der Waals surface area contributed by atoms with Crippen LogP contribution in [0.3, 0.4) is 0 Å². The SMILES string of the molecule is CCC(N)CSCCCOc1cc(C)cc(C)c1. The van der Waals surface area contributed by atoms with Gasteiger partial charge in [0.2, 0.25) is 0 Å². The zero-order valence-corrected chi connectivity index (χ0v) is 12.6. The van der Waals surface area contributed by atoms with Crippen molar-refractivity contribution in [3.63, 3.8) is 0 Å². The van der Waals surface area contributed by atoms with E-state index in [4.69, 9.17) is 10.5 Å². The van der Waals surface area contributed by atoms with Gasteiger partial charge in [0.15, 0.2) is 0 Å². The van der Waals surface area contributed by atoms with Crippen molar-refractivity contribution in [2.75, 3.05) is 18.1 Å². The molecule has 18 heavy (non-hydrogen) atoms. The lowest BCUT2D eigenvalue weighted by molar-refractivity contribution is 0.318. The summed E-state index contributed by atoms with van der Waals surface area (Å²) in [5.41, 5.74) is 8.38. The van der Waals surface area contributed by atoms with Crippen molar-refractivity contribution in [1.29, 1.82) is 0 Å². The van der Waals surface area contributed by atoms with Crippen LogP contribution in [0.1, 0.15) is 30.9 Å². The van der Waals surface area contributed by atoms with E-state index in [2.05, 4.69) is 39.0 Å². The number of rotatable bonds is 8. The van der Waals surface area contributed by atoms with Crippen LogP contribution in [0.2, 0.25) is 0 Å². The molecule has 3 heteroatoms. The van der Waals surface area contributed by atoms with Gasteiger partial charge in [-0.05, 0) is 55.7 Å². The Morgan fingerprint density at radius 1 is 1.22 bits per heavy atom. The van der Waals surface area contributed by atoms with E-state index in [0.717, 1.165) is 36.7 Å². The van der Waals surface area contributed by atoms with Gasteiger partial charge in [-0.3, -0.25) is 0 Å². The topological polar surface area (TPSA) is 35.2 Å². The van der Waals surface area contributed by atoms with Crippen LogP contribution in [-0.2, 0) is 0 Å². The van der Waals surface area contributed by atoms with Gasteiger partial charge in [-0.25, -0.2) is 0 Å². The molecule has 0 saturated carbocycles. The molecule has 1 rings (SSSR count). The molecule has 0 aromatic heterocycles. The third kappa shape index (κ3) is 6.31. The average molecular weight is 267 g/mol. The molecular formula is C15H25NOS. The van der Waals surface area contributed by atoms with Crippen molar-refractivity contribution >= 4 is 11.8 Å². The summed E-state index contributed by atoms with van der Waals surface area (Å²) >= 11 is 1.92. The van der Waals surface area contributed by atoms with Crippen LogP contribution in [0.5, 0.6) is 5.75 Å². The van der Waals surface area contributed by atoms with Crippen LogP contribution in [0.4, 0.5) is 0 Å². The fraction of sp³-hybridized carbons (Fsp3) is 0.600. The molecule has 1 aromatic rings. The maximum atomic E-state index is 5.86. The molecule has 0 amide bonds. The second-order valence-electron chi connectivity index (χ2n) is 4.77. The normalized spacial score (nSPS) is 12.4. The van der Waals surface area contributed by atoms with Gasteiger partial charge in [0.25, 0.3) is 0 Å². The summed E-state index contributed by atoms with van der Waals surface area (Å²) in [6.45, 7) is 7.12. The highest BCUT2D eigenvalue weighted by molar-refractivity contribution is 7.99. The number of ether oxygens (including phenoxy) is 1. The van der Waals surface area contributed by atoms with Crippen LogP contribution in [0, 0.1) is 13.8 Å². The Morgan fingerprint density at radius 2 is 1.89 bits per heavy atom. The minimum atomic E-state index is 0.343. The summed E-state index contributed by atoms with van der Waals surface area (Å²) in [5.74, 6) is 3.17. The second-order valence-corrected chi connectivity index (χ2v) is 5.92. The van der Waals surface area contributed by atoms with Gasteiger partial charge >= 0.3 is 0 Å². The number of benzene rings is 1. The van der Waals surface area contributed by atoms with E-state index >= 15 is 0 Å². The highest BCUT2D eigenvalue weighted by atomic mass is 32.2. The Labute approximate surface area is 115 Å². The summed E-state index contributed by atoms with van der Waals surface area (Å²) in [4.78, 5) is 0. The van der Waals surface area contributed by atoms with Crippen molar-refractivity contribution in [2.24, 2.45) is 5.73 Å². The molecule has 0 aliphatic carbocycles. The molecule has 0 aliphatic heterocycles. The lowest BCUT2D eigenvalue weighted by Gasteiger charge is -2.09. The van der Waals surface area contributed by atoms with Crippen LogP contribution in [0.25, 0.3) is 0 Å². The van der Waals surface area contributed by atoms with Gasteiger partial charge in [-0.2, -0.15) is 11.8 Å². The first-order valence-corrected chi connectivity index (χ1v) is 7.81. The maximum Gasteiger partial charge on any atom is 0.119 e. The van der Waals surface area contributed by atoms with Gasteiger partial charge in [-0.15, -0.1) is 0 Å². The third-order valence-corrected chi connectivity index (χ3v) is 3.99. The van der Waals surface area contributed by atoms with Crippen molar-refractivity contribution in [3.8, 4) is 5.75 Å². The summed E-state index contributed by atoms with van der Waals surface area (Å²) in [5, 5.41) is 0. The van der Waals surface area contributed by atoms with Crippen molar-refractivity contribution in [2.45, 2.75) is 39.7 Å². The van der Waals surface area contributed by atoms with E-state index in [1.165, 1.54) is 11.1 Å². The lowest BCUT2D eigenvalue weighted by Crippen LogP contribution is -2.21. The lowest BCUT2D eigenvalue weighted by atomic mass is 10.1. The average Bonchev–Trinajstić information content (AvgIpc) is 2.32. The fourth-order valence-electron chi connectivity index (χ4n) is 1.72. The first kappa shape index (κ1) is 15.4. The first-order chi connectivity index (χ1) is 8.61. The largest absolute Gasteiger partial charge is 0.494 e. The molecule has 0 heterocycles. The molecule has 2 N–H and O–H groups in total. The Hall–Kier alpha value is -0.670. The molecule has 0 spiro atoms. The Morgan fingerprint density at radius 3 is 2.50 bits per heavy atom. The van der Waals surface area contributed by atoms with Crippen LogP contribution in [0.15, 0.2) is 18.2 Å². The van der Waals surface area contributed by atoms with Gasteiger partial charge in [-0.1, -0.05) is 13.0 Å². The molecule has 0 saturated heterocycles. The minimum Gasteiger partial charge on any atom is -0.494 e. The van der Waals surface area contributed by atoms with Gasteiger partial charge in [0.05, 0.1) is 6.61 Å². The predicted molar refractivity (Wildman–Crippen MR) is 81.6 cm³/mol. The van der Waals surface area contributed by atoms with Crippen molar-refractivity contribution < 1.29 is 4.74 Å². The summed E-state index contributed by atoms with van der Waals surface area (Å²) < 4.78 is 5.76. The number of aryl methyl sites for hydroxylation is 2.